The van der Waals surface area contributed by atoms with Gasteiger partial charge in [-0.3, -0.25) is 9.63 Å². The van der Waals surface area contributed by atoms with E-state index in [0.29, 0.717) is 17.9 Å². The van der Waals surface area contributed by atoms with Crippen molar-refractivity contribution in [1.82, 2.24) is 5.48 Å². The third kappa shape index (κ3) is 6.79. The number of nitrogens with one attached hydrogen (secondary N) is 1. The Labute approximate surface area is 114 Å². The van der Waals surface area contributed by atoms with Gasteiger partial charge in [-0.15, -0.1) is 0 Å². The summed E-state index contributed by atoms with van der Waals surface area (Å²) in [5, 5.41) is 0. The van der Waals surface area contributed by atoms with Gasteiger partial charge in [0.15, 0.2) is 6.61 Å². The molecule has 4 nitrogen and oxygen atoms in total. The Morgan fingerprint density at radius 3 is 2.50 bits per heavy atom. The highest BCUT2D eigenvalue weighted by Crippen LogP contribution is 2.14. The molecular weight excluding hydrogens is 275 g/mol. The Morgan fingerprint density at radius 1 is 1.30 bits per heavy atom. The largest absolute Gasteiger partial charge is 0.494 e. The minimum absolute atomic E-state index is 0.550. The minimum atomic E-state index is -4.48. The molecule has 0 atom stereocenters. The highest BCUT2D eigenvalue weighted by atomic mass is 19.4. The van der Waals surface area contributed by atoms with Crippen LogP contribution in [0.15, 0.2) is 30.3 Å². The van der Waals surface area contributed by atoms with E-state index < -0.39 is 18.7 Å². The van der Waals surface area contributed by atoms with Crippen LogP contribution in [-0.2, 0) is 9.63 Å². The number of halogens is 3. The van der Waals surface area contributed by atoms with Crippen LogP contribution in [0.3, 0.4) is 0 Å². The first-order chi connectivity index (χ1) is 9.40. The minimum Gasteiger partial charge on any atom is -0.494 e. The van der Waals surface area contributed by atoms with E-state index in [4.69, 9.17) is 4.74 Å². The molecule has 7 heteroatoms. The monoisotopic (exact) mass is 289 g/mol. The summed E-state index contributed by atoms with van der Waals surface area (Å²) in [5.74, 6) is -0.0780. The van der Waals surface area contributed by atoms with Crippen LogP contribution in [0.25, 0.3) is 6.08 Å². The van der Waals surface area contributed by atoms with E-state index in [1.54, 1.807) is 29.7 Å². The van der Waals surface area contributed by atoms with E-state index in [1.807, 2.05) is 6.92 Å². The van der Waals surface area contributed by atoms with Crippen molar-refractivity contribution in [2.45, 2.75) is 13.1 Å². The van der Waals surface area contributed by atoms with Crippen molar-refractivity contribution in [2.24, 2.45) is 0 Å². The maximum absolute atomic E-state index is 11.8. The molecule has 110 valence electrons. The van der Waals surface area contributed by atoms with E-state index in [2.05, 4.69) is 4.84 Å². The molecule has 0 heterocycles. The molecule has 0 bridgehead atoms. The molecule has 1 aromatic rings. The van der Waals surface area contributed by atoms with Gasteiger partial charge in [-0.05, 0) is 30.7 Å². The van der Waals surface area contributed by atoms with Gasteiger partial charge in [0.05, 0.1) is 6.61 Å². The fourth-order valence-corrected chi connectivity index (χ4v) is 1.24. The van der Waals surface area contributed by atoms with Crippen molar-refractivity contribution < 1.29 is 27.5 Å². The lowest BCUT2D eigenvalue weighted by Gasteiger charge is -2.06. The van der Waals surface area contributed by atoms with Crippen molar-refractivity contribution >= 4 is 12.0 Å². The Kier molecular flexibility index (Phi) is 6.05. The van der Waals surface area contributed by atoms with E-state index in [-0.39, 0.29) is 0 Å². The van der Waals surface area contributed by atoms with Gasteiger partial charge in [0.25, 0.3) is 5.91 Å². The molecule has 0 spiro atoms. The fourth-order valence-electron chi connectivity index (χ4n) is 1.24. The second kappa shape index (κ2) is 7.54. The van der Waals surface area contributed by atoms with Gasteiger partial charge in [-0.1, -0.05) is 12.1 Å². The predicted molar refractivity (Wildman–Crippen MR) is 66.8 cm³/mol. The molecule has 1 N–H and O–H groups in total. The lowest BCUT2D eigenvalue weighted by atomic mass is 10.2. The number of benzene rings is 1. The number of alkyl halides is 3. The van der Waals surface area contributed by atoms with Crippen LogP contribution in [0.4, 0.5) is 13.2 Å². The Morgan fingerprint density at radius 2 is 1.95 bits per heavy atom. The topological polar surface area (TPSA) is 47.6 Å². The summed E-state index contributed by atoms with van der Waals surface area (Å²) in [5.41, 5.74) is 2.38. The Bertz CT molecular complexity index is 455. The third-order valence-electron chi connectivity index (χ3n) is 2.03. The van der Waals surface area contributed by atoms with Crippen LogP contribution < -0.4 is 10.2 Å². The van der Waals surface area contributed by atoms with Gasteiger partial charge < -0.3 is 4.74 Å². The molecule has 0 aromatic heterocycles. The number of rotatable bonds is 6. The molecule has 1 amide bonds. The molecule has 0 radical (unpaired) electrons. The summed E-state index contributed by atoms with van der Waals surface area (Å²) in [7, 11) is 0. The maximum atomic E-state index is 11.8. The zero-order valence-corrected chi connectivity index (χ0v) is 10.7. The smallest absolute Gasteiger partial charge is 0.414 e. The van der Waals surface area contributed by atoms with Crippen LogP contribution in [-0.4, -0.2) is 25.3 Å². The van der Waals surface area contributed by atoms with Crippen molar-refractivity contribution in [3.63, 3.8) is 0 Å². The van der Waals surface area contributed by atoms with Crippen LogP contribution in [0.2, 0.25) is 0 Å². The molecule has 0 aliphatic rings. The lowest BCUT2D eigenvalue weighted by molar-refractivity contribution is -0.190. The first-order valence-corrected chi connectivity index (χ1v) is 5.80. The van der Waals surface area contributed by atoms with E-state index in [1.165, 1.54) is 6.08 Å². The predicted octanol–water partition coefficient (Wildman–Crippen LogP) is 2.71. The highest BCUT2D eigenvalue weighted by Gasteiger charge is 2.28. The van der Waals surface area contributed by atoms with E-state index in [0.717, 1.165) is 6.08 Å². The number of ether oxygens (including phenoxy) is 1. The Balaban J connectivity index is 2.41. The quantitative estimate of drug-likeness (QED) is 0.647. The van der Waals surface area contributed by atoms with Crippen LogP contribution >= 0.6 is 0 Å². The number of hydrogen-bond acceptors (Lipinski definition) is 3. The average molecular weight is 289 g/mol. The molecule has 0 fully saturated rings. The second-order valence-electron chi connectivity index (χ2n) is 3.71. The molecule has 0 aliphatic heterocycles. The molecule has 0 unspecified atom stereocenters. The molecule has 20 heavy (non-hydrogen) atoms. The first-order valence-electron chi connectivity index (χ1n) is 5.80. The summed E-state index contributed by atoms with van der Waals surface area (Å²) in [6, 6.07) is 6.87. The number of amides is 1. The van der Waals surface area contributed by atoms with Crippen molar-refractivity contribution in [2.75, 3.05) is 13.2 Å². The van der Waals surface area contributed by atoms with Crippen LogP contribution in [0.5, 0.6) is 5.75 Å². The van der Waals surface area contributed by atoms with Gasteiger partial charge in [-0.2, -0.15) is 13.2 Å². The number of carbonyl (C=O) groups is 1. The number of hydroxylamine groups is 1. The summed E-state index contributed by atoms with van der Waals surface area (Å²) >= 11 is 0. The maximum Gasteiger partial charge on any atom is 0.414 e. The molecular formula is C13H14F3NO3. The molecule has 1 rings (SSSR count). The molecule has 0 aliphatic carbocycles. The Hall–Kier alpha value is -2.02. The molecule has 1 aromatic carbocycles. The standard InChI is InChI=1S/C13H14F3NO3/c1-2-19-11-6-3-10(4-7-11)5-8-12(18)17-20-9-13(14,15)16/h3-8H,2,9H2,1H3,(H,17,18)/b8-5+. The molecule has 0 saturated carbocycles. The molecule has 0 saturated heterocycles. The summed E-state index contributed by atoms with van der Waals surface area (Å²) < 4.78 is 40.5. The van der Waals surface area contributed by atoms with Gasteiger partial charge in [0.1, 0.15) is 5.75 Å². The number of carbonyl (C=O) groups excluding carboxylic acids is 1. The van der Waals surface area contributed by atoms with Crippen molar-refractivity contribution in [1.29, 1.82) is 0 Å². The van der Waals surface area contributed by atoms with Gasteiger partial charge in [0, 0.05) is 6.08 Å². The first kappa shape index (κ1) is 16.0. The highest BCUT2D eigenvalue weighted by molar-refractivity contribution is 5.90. The normalized spacial score (nSPS) is 11.6. The number of hydrogen-bond donors (Lipinski definition) is 1. The SMILES string of the molecule is CCOc1ccc(/C=C/C(=O)NOCC(F)(F)F)cc1. The summed E-state index contributed by atoms with van der Waals surface area (Å²) in [4.78, 5) is 15.2. The average Bonchev–Trinajstić information content (AvgIpc) is 2.37. The van der Waals surface area contributed by atoms with E-state index in [9.17, 15) is 18.0 Å². The van der Waals surface area contributed by atoms with Gasteiger partial charge in [0.2, 0.25) is 0 Å². The van der Waals surface area contributed by atoms with Gasteiger partial charge in [-0.25, -0.2) is 5.48 Å². The van der Waals surface area contributed by atoms with Crippen molar-refractivity contribution in [3.8, 4) is 5.75 Å². The summed E-state index contributed by atoms with van der Waals surface area (Å²) in [6.07, 6.45) is -1.96. The fraction of sp³-hybridized carbons (Fsp3) is 0.308. The van der Waals surface area contributed by atoms with Crippen LogP contribution in [0.1, 0.15) is 12.5 Å². The van der Waals surface area contributed by atoms with Crippen LogP contribution in [0, 0.1) is 0 Å². The zero-order chi connectivity index (χ0) is 15.0. The zero-order valence-electron chi connectivity index (χ0n) is 10.7. The third-order valence-corrected chi connectivity index (χ3v) is 2.03. The van der Waals surface area contributed by atoms with E-state index >= 15 is 0 Å². The second-order valence-corrected chi connectivity index (χ2v) is 3.71. The van der Waals surface area contributed by atoms with Crippen molar-refractivity contribution in [3.05, 3.63) is 35.9 Å². The summed E-state index contributed by atoms with van der Waals surface area (Å²) in [6.45, 7) is 0.878. The van der Waals surface area contributed by atoms with Gasteiger partial charge >= 0.3 is 6.18 Å². The lowest BCUT2D eigenvalue weighted by Crippen LogP contribution is -2.28.